The third-order valence-corrected chi connectivity index (χ3v) is 5.73. The Labute approximate surface area is 153 Å². The van der Waals surface area contributed by atoms with Crippen LogP contribution in [0.3, 0.4) is 0 Å². The van der Waals surface area contributed by atoms with E-state index < -0.39 is 0 Å². The summed E-state index contributed by atoms with van der Waals surface area (Å²) in [6.45, 7) is 0. The lowest BCUT2D eigenvalue weighted by atomic mass is 10.3. The molecule has 1 aliphatic rings. The van der Waals surface area contributed by atoms with Crippen molar-refractivity contribution >= 4 is 34.8 Å². The highest BCUT2D eigenvalue weighted by molar-refractivity contribution is 7.99. The second-order valence-corrected chi connectivity index (χ2v) is 7.41. The molecule has 0 amide bonds. The third kappa shape index (κ3) is 3.24. The van der Waals surface area contributed by atoms with Gasteiger partial charge in [-0.1, -0.05) is 23.4 Å². The van der Waals surface area contributed by atoms with Gasteiger partial charge >= 0.3 is 6.01 Å². The van der Waals surface area contributed by atoms with Crippen molar-refractivity contribution < 1.29 is 4.74 Å². The maximum Gasteiger partial charge on any atom is 0.302 e. The predicted octanol–water partition coefficient (Wildman–Crippen LogP) is 2.77. The third-order valence-electron chi connectivity index (χ3n) is 4.16. The maximum absolute atomic E-state index is 6.23. The summed E-state index contributed by atoms with van der Waals surface area (Å²) in [5.41, 5.74) is 12.5. The van der Waals surface area contributed by atoms with Crippen molar-refractivity contribution in [2.45, 2.75) is 41.2 Å². The Morgan fingerprint density at radius 1 is 1.20 bits per heavy atom. The monoisotopic (exact) mass is 376 g/mol. The van der Waals surface area contributed by atoms with Gasteiger partial charge in [-0.2, -0.15) is 0 Å². The lowest BCUT2D eigenvalue weighted by molar-refractivity contribution is 0.187. The van der Waals surface area contributed by atoms with Gasteiger partial charge in [0.2, 0.25) is 0 Å². The number of aromatic nitrogens is 4. The molecule has 0 saturated heterocycles. The van der Waals surface area contributed by atoms with Gasteiger partial charge in [0.1, 0.15) is 11.9 Å². The highest BCUT2D eigenvalue weighted by atomic mass is 35.5. The van der Waals surface area contributed by atoms with E-state index >= 15 is 0 Å². The number of anilines is 1. The topological polar surface area (TPSA) is 104 Å². The van der Waals surface area contributed by atoms with Crippen molar-refractivity contribution in [2.75, 3.05) is 5.73 Å². The molecule has 0 bridgehead atoms. The van der Waals surface area contributed by atoms with Crippen LogP contribution in [0.1, 0.15) is 19.3 Å². The van der Waals surface area contributed by atoms with Crippen molar-refractivity contribution in [1.29, 1.82) is 0 Å². The lowest BCUT2D eigenvalue weighted by Gasteiger charge is -2.14. The highest BCUT2D eigenvalue weighted by Gasteiger charge is 2.25. The fourth-order valence-corrected chi connectivity index (χ4v) is 4.04. The first-order valence-electron chi connectivity index (χ1n) is 7.94. The smallest absolute Gasteiger partial charge is 0.302 e. The molecule has 4 rings (SSSR count). The largest absolute Gasteiger partial charge is 0.461 e. The number of hydrogen-bond donors (Lipinski definition) is 2. The highest BCUT2D eigenvalue weighted by Crippen LogP contribution is 2.37. The van der Waals surface area contributed by atoms with Crippen molar-refractivity contribution in [3.05, 3.63) is 35.9 Å². The van der Waals surface area contributed by atoms with Crippen LogP contribution in [-0.4, -0.2) is 31.5 Å². The molecule has 2 atom stereocenters. The van der Waals surface area contributed by atoms with E-state index in [9.17, 15) is 0 Å². The Morgan fingerprint density at radius 2 is 2.08 bits per heavy atom. The number of nitrogens with zero attached hydrogens (tertiary/aromatic N) is 4. The summed E-state index contributed by atoms with van der Waals surface area (Å²) in [6.07, 6.45) is 9.79. The number of pyridine rings is 1. The van der Waals surface area contributed by atoms with Crippen LogP contribution in [0.25, 0.3) is 5.65 Å². The fourth-order valence-electron chi connectivity index (χ4n) is 2.90. The molecule has 1 saturated carbocycles. The Kier molecular flexibility index (Phi) is 4.41. The number of ether oxygens (including phenoxy) is 1. The van der Waals surface area contributed by atoms with Crippen LogP contribution in [0.15, 0.2) is 40.6 Å². The second kappa shape index (κ2) is 6.70. The quantitative estimate of drug-likeness (QED) is 0.721. The van der Waals surface area contributed by atoms with E-state index in [0.717, 1.165) is 34.7 Å². The van der Waals surface area contributed by atoms with Gasteiger partial charge in [-0.25, -0.2) is 15.0 Å². The maximum atomic E-state index is 6.23. The van der Waals surface area contributed by atoms with Crippen LogP contribution in [-0.2, 0) is 0 Å². The first-order chi connectivity index (χ1) is 12.1. The van der Waals surface area contributed by atoms with E-state index in [-0.39, 0.29) is 12.1 Å². The zero-order chi connectivity index (χ0) is 17.4. The summed E-state index contributed by atoms with van der Waals surface area (Å²) in [6, 6.07) is 2.54. The average molecular weight is 377 g/mol. The lowest BCUT2D eigenvalue weighted by Crippen LogP contribution is -2.20. The van der Waals surface area contributed by atoms with Gasteiger partial charge in [-0.05, 0) is 25.3 Å². The first kappa shape index (κ1) is 16.4. The molecule has 0 aliphatic heterocycles. The number of imidazole rings is 1. The van der Waals surface area contributed by atoms with Gasteiger partial charge < -0.3 is 16.2 Å². The standard InChI is InChI=1S/C16H17ClN6OS/c17-13-11(3-4-20-14(13)19)25-12-8-22-16(23-6-5-21-15(12)23)24-10-2-1-9(18)7-10/h3-6,8-10H,1-2,7,18H2,(H2,19,20)/t9-,10-/m1/s1. The van der Waals surface area contributed by atoms with Gasteiger partial charge in [0.25, 0.3) is 0 Å². The molecule has 3 heterocycles. The molecule has 1 fully saturated rings. The Hall–Kier alpha value is -2.03. The molecular formula is C16H17ClN6OS. The SMILES string of the molecule is Nc1nccc(Sc2cnc(O[C@@H]3CC[C@@H](N)C3)n3ccnc23)c1Cl. The van der Waals surface area contributed by atoms with E-state index in [1.165, 1.54) is 11.8 Å². The van der Waals surface area contributed by atoms with E-state index in [0.29, 0.717) is 16.9 Å². The minimum Gasteiger partial charge on any atom is -0.461 e. The van der Waals surface area contributed by atoms with E-state index in [2.05, 4.69) is 15.0 Å². The van der Waals surface area contributed by atoms with Crippen LogP contribution >= 0.6 is 23.4 Å². The number of hydrogen-bond acceptors (Lipinski definition) is 7. The first-order valence-corrected chi connectivity index (χ1v) is 9.13. The molecule has 4 N–H and O–H groups in total. The summed E-state index contributed by atoms with van der Waals surface area (Å²) in [7, 11) is 0. The zero-order valence-corrected chi connectivity index (χ0v) is 14.9. The van der Waals surface area contributed by atoms with Gasteiger partial charge in [-0.3, -0.25) is 4.40 Å². The van der Waals surface area contributed by atoms with Crippen molar-refractivity contribution in [1.82, 2.24) is 19.4 Å². The number of fused-ring (bicyclic) bond motifs is 1. The van der Waals surface area contributed by atoms with Gasteiger partial charge in [-0.15, -0.1) is 0 Å². The number of halogens is 1. The van der Waals surface area contributed by atoms with Crippen LogP contribution in [0, 0.1) is 0 Å². The zero-order valence-electron chi connectivity index (χ0n) is 13.3. The molecule has 7 nitrogen and oxygen atoms in total. The van der Waals surface area contributed by atoms with Gasteiger partial charge in [0.15, 0.2) is 5.65 Å². The molecule has 0 spiro atoms. The summed E-state index contributed by atoms with van der Waals surface area (Å²) < 4.78 is 7.87. The molecule has 3 aromatic rings. The Balaban J connectivity index is 1.64. The van der Waals surface area contributed by atoms with Crippen LogP contribution < -0.4 is 16.2 Å². The Morgan fingerprint density at radius 3 is 2.88 bits per heavy atom. The second-order valence-electron chi connectivity index (χ2n) is 5.95. The molecule has 9 heteroatoms. The molecule has 0 radical (unpaired) electrons. The van der Waals surface area contributed by atoms with Gasteiger partial charge in [0, 0.05) is 29.5 Å². The van der Waals surface area contributed by atoms with Gasteiger partial charge in [0.05, 0.1) is 16.1 Å². The molecule has 130 valence electrons. The van der Waals surface area contributed by atoms with Crippen LogP contribution in [0.5, 0.6) is 6.01 Å². The van der Waals surface area contributed by atoms with E-state index in [1.54, 1.807) is 18.6 Å². The average Bonchev–Trinajstić information content (AvgIpc) is 3.23. The molecule has 1 aliphatic carbocycles. The number of nitrogens with two attached hydrogens (primary N) is 2. The van der Waals surface area contributed by atoms with Crippen LogP contribution in [0.2, 0.25) is 5.02 Å². The molecule has 0 unspecified atom stereocenters. The molecule has 0 aromatic carbocycles. The normalized spacial score (nSPS) is 20.2. The predicted molar refractivity (Wildman–Crippen MR) is 97.0 cm³/mol. The van der Waals surface area contributed by atoms with Crippen LogP contribution in [0.4, 0.5) is 5.82 Å². The fraction of sp³-hybridized carbons (Fsp3) is 0.312. The summed E-state index contributed by atoms with van der Waals surface area (Å²) in [5.74, 6) is 0.302. The summed E-state index contributed by atoms with van der Waals surface area (Å²) >= 11 is 7.68. The molecular weight excluding hydrogens is 360 g/mol. The van der Waals surface area contributed by atoms with Crippen molar-refractivity contribution in [3.8, 4) is 6.01 Å². The number of nitrogen functional groups attached to an aromatic ring is 1. The number of rotatable bonds is 4. The molecule has 25 heavy (non-hydrogen) atoms. The van der Waals surface area contributed by atoms with E-state index in [4.69, 9.17) is 27.8 Å². The Bertz CT molecular complexity index is 917. The van der Waals surface area contributed by atoms with Crippen molar-refractivity contribution in [2.24, 2.45) is 5.73 Å². The van der Waals surface area contributed by atoms with Crippen molar-refractivity contribution in [3.63, 3.8) is 0 Å². The minimum absolute atomic E-state index is 0.0982. The summed E-state index contributed by atoms with van der Waals surface area (Å²) in [4.78, 5) is 14.5. The minimum atomic E-state index is 0.0982. The van der Waals surface area contributed by atoms with E-state index in [1.807, 2.05) is 16.7 Å². The molecule has 3 aromatic heterocycles. The summed E-state index contributed by atoms with van der Waals surface area (Å²) in [5, 5.41) is 0.428.